The predicted octanol–water partition coefficient (Wildman–Crippen LogP) is 2.85. The van der Waals surface area contributed by atoms with Crippen LogP contribution in [0.15, 0.2) is 24.3 Å². The van der Waals surface area contributed by atoms with Crippen LogP contribution >= 0.6 is 0 Å². The largest absolute Gasteiger partial charge is 0.358 e. The summed E-state index contributed by atoms with van der Waals surface area (Å²) >= 11 is 0. The van der Waals surface area contributed by atoms with Gasteiger partial charge in [0.2, 0.25) is 0 Å². The van der Waals surface area contributed by atoms with E-state index in [1.54, 1.807) is 0 Å². The summed E-state index contributed by atoms with van der Waals surface area (Å²) in [6, 6.07) is 8.48. The van der Waals surface area contributed by atoms with E-state index in [2.05, 4.69) is 43.1 Å². The zero-order chi connectivity index (χ0) is 8.55. The van der Waals surface area contributed by atoms with E-state index < -0.39 is 0 Å². The minimum atomic E-state index is 0.828. The van der Waals surface area contributed by atoms with E-state index in [0.29, 0.717) is 0 Å². The Morgan fingerprint density at radius 1 is 1.42 bits per heavy atom. The highest BCUT2D eigenvalue weighted by Crippen LogP contribution is 2.18. The number of hydrogen-bond acceptors (Lipinski definition) is 0. The van der Waals surface area contributed by atoms with Gasteiger partial charge in [0.15, 0.2) is 0 Å². The van der Waals surface area contributed by atoms with Crippen LogP contribution in [0.4, 0.5) is 0 Å². The van der Waals surface area contributed by atoms with Crippen molar-refractivity contribution in [3.63, 3.8) is 0 Å². The van der Waals surface area contributed by atoms with Crippen molar-refractivity contribution in [1.29, 1.82) is 0 Å². The molecular formula is C11H12N. The summed E-state index contributed by atoms with van der Waals surface area (Å²) in [7, 11) is 0. The van der Waals surface area contributed by atoms with Gasteiger partial charge in [0.05, 0.1) is 0 Å². The van der Waals surface area contributed by atoms with Gasteiger partial charge in [-0.15, -0.1) is 0 Å². The summed E-state index contributed by atoms with van der Waals surface area (Å²) in [5.41, 5.74) is 3.75. The van der Waals surface area contributed by atoms with Gasteiger partial charge in [0, 0.05) is 16.6 Å². The molecule has 0 fully saturated rings. The number of rotatable bonds is 1. The topological polar surface area (TPSA) is 15.8 Å². The van der Waals surface area contributed by atoms with E-state index in [1.807, 2.05) is 0 Å². The summed E-state index contributed by atoms with van der Waals surface area (Å²) in [6.45, 7) is 5.98. The minimum Gasteiger partial charge on any atom is -0.358 e. The Kier molecular flexibility index (Phi) is 1.65. The fourth-order valence-corrected chi connectivity index (χ4v) is 1.50. The van der Waals surface area contributed by atoms with Crippen LogP contribution in [0.2, 0.25) is 0 Å². The summed E-state index contributed by atoms with van der Waals surface area (Å²) in [4.78, 5) is 3.32. The maximum absolute atomic E-state index is 3.85. The third-order valence-corrected chi connectivity index (χ3v) is 2.21. The van der Waals surface area contributed by atoms with Gasteiger partial charge in [0.25, 0.3) is 0 Å². The van der Waals surface area contributed by atoms with Gasteiger partial charge in [-0.2, -0.15) is 0 Å². The lowest BCUT2D eigenvalue weighted by Crippen LogP contribution is -1.75. The normalized spacial score (nSPS) is 10.8. The van der Waals surface area contributed by atoms with Crippen LogP contribution in [-0.2, 0) is 6.42 Å². The Morgan fingerprint density at radius 2 is 2.25 bits per heavy atom. The van der Waals surface area contributed by atoms with Gasteiger partial charge in [-0.05, 0) is 38.0 Å². The molecule has 0 saturated heterocycles. The van der Waals surface area contributed by atoms with Crippen LogP contribution in [0.5, 0.6) is 0 Å². The van der Waals surface area contributed by atoms with E-state index >= 15 is 0 Å². The quantitative estimate of drug-likeness (QED) is 0.656. The molecule has 0 aliphatic carbocycles. The first-order chi connectivity index (χ1) is 5.81. The monoisotopic (exact) mass is 158 g/mol. The Bertz CT molecular complexity index is 398. The van der Waals surface area contributed by atoms with Gasteiger partial charge in [0.1, 0.15) is 0 Å². The van der Waals surface area contributed by atoms with Gasteiger partial charge < -0.3 is 4.98 Å². The van der Waals surface area contributed by atoms with Crippen LogP contribution < -0.4 is 0 Å². The van der Waals surface area contributed by atoms with Crippen molar-refractivity contribution < 1.29 is 0 Å². The molecule has 1 N–H and O–H groups in total. The molecule has 0 unspecified atom stereocenters. The Morgan fingerprint density at radius 3 is 2.92 bits per heavy atom. The molecule has 0 atom stereocenters. The maximum atomic E-state index is 3.85. The summed E-state index contributed by atoms with van der Waals surface area (Å²) in [5.74, 6) is 0. The smallest absolute Gasteiger partial charge is 0.0458 e. The van der Waals surface area contributed by atoms with Gasteiger partial charge >= 0.3 is 0 Å². The molecule has 1 radical (unpaired) electrons. The van der Waals surface area contributed by atoms with E-state index in [9.17, 15) is 0 Å². The van der Waals surface area contributed by atoms with Crippen LogP contribution in [0.25, 0.3) is 10.9 Å². The number of aryl methyl sites for hydroxylation is 1. The molecule has 1 aromatic heterocycles. The lowest BCUT2D eigenvalue weighted by Gasteiger charge is -1.92. The third-order valence-electron chi connectivity index (χ3n) is 2.21. The molecule has 0 saturated carbocycles. The third kappa shape index (κ3) is 1.02. The Labute approximate surface area is 72.4 Å². The first-order valence-corrected chi connectivity index (χ1v) is 4.17. The number of hydrogen-bond donors (Lipinski definition) is 1. The van der Waals surface area contributed by atoms with Crippen LogP contribution in [0.3, 0.4) is 0 Å². The highest BCUT2D eigenvalue weighted by atomic mass is 14.7. The second-order valence-electron chi connectivity index (χ2n) is 3.08. The van der Waals surface area contributed by atoms with Gasteiger partial charge in [-0.3, -0.25) is 0 Å². The second kappa shape index (κ2) is 2.67. The van der Waals surface area contributed by atoms with Crippen molar-refractivity contribution in [1.82, 2.24) is 4.98 Å². The summed E-state index contributed by atoms with van der Waals surface area (Å²) in [5, 5.41) is 1.32. The molecule has 0 spiro atoms. The Balaban J connectivity index is 2.74. The number of aromatic amines is 1. The lowest BCUT2D eigenvalue weighted by atomic mass is 10.1. The molecule has 1 aromatic carbocycles. The van der Waals surface area contributed by atoms with Gasteiger partial charge in [-0.1, -0.05) is 12.1 Å². The van der Waals surface area contributed by atoms with E-state index in [1.165, 1.54) is 22.2 Å². The molecule has 0 bridgehead atoms. The maximum Gasteiger partial charge on any atom is 0.0458 e. The molecule has 1 heterocycles. The van der Waals surface area contributed by atoms with Gasteiger partial charge in [-0.25, -0.2) is 0 Å². The summed E-state index contributed by atoms with van der Waals surface area (Å²) in [6.07, 6.45) is 0.828. The molecule has 12 heavy (non-hydrogen) atoms. The molecular weight excluding hydrogens is 146 g/mol. The molecule has 0 amide bonds. The van der Waals surface area contributed by atoms with E-state index in [0.717, 1.165) is 6.42 Å². The van der Waals surface area contributed by atoms with Crippen molar-refractivity contribution >= 4 is 10.9 Å². The van der Waals surface area contributed by atoms with E-state index in [4.69, 9.17) is 0 Å². The average Bonchev–Trinajstić information content (AvgIpc) is 2.49. The highest BCUT2D eigenvalue weighted by Gasteiger charge is 1.99. The highest BCUT2D eigenvalue weighted by molar-refractivity contribution is 5.83. The molecule has 2 aromatic rings. The molecule has 61 valence electrons. The zero-order valence-corrected chi connectivity index (χ0v) is 7.22. The summed E-state index contributed by atoms with van der Waals surface area (Å²) < 4.78 is 0. The number of fused-ring (bicyclic) bond motifs is 1. The number of H-pyrrole nitrogens is 1. The van der Waals surface area contributed by atoms with Crippen molar-refractivity contribution in [3.8, 4) is 0 Å². The molecule has 1 heteroatoms. The Hall–Kier alpha value is -1.24. The van der Waals surface area contributed by atoms with Crippen LogP contribution in [-0.4, -0.2) is 4.98 Å². The molecule has 2 rings (SSSR count). The van der Waals surface area contributed by atoms with Crippen molar-refractivity contribution in [2.45, 2.75) is 13.3 Å². The van der Waals surface area contributed by atoms with Crippen molar-refractivity contribution in [2.75, 3.05) is 0 Å². The minimum absolute atomic E-state index is 0.828. The molecule has 1 nitrogen and oxygen atoms in total. The van der Waals surface area contributed by atoms with Crippen LogP contribution in [0.1, 0.15) is 11.3 Å². The molecule has 0 aliphatic rings. The second-order valence-corrected chi connectivity index (χ2v) is 3.08. The van der Waals surface area contributed by atoms with Crippen molar-refractivity contribution in [3.05, 3.63) is 42.4 Å². The van der Waals surface area contributed by atoms with E-state index in [-0.39, 0.29) is 0 Å². The lowest BCUT2D eigenvalue weighted by molar-refractivity contribution is 1.17. The zero-order valence-electron chi connectivity index (χ0n) is 7.22. The fraction of sp³-hybridized carbons (Fsp3) is 0.182. The first-order valence-electron chi connectivity index (χ1n) is 4.17. The average molecular weight is 158 g/mol. The number of benzene rings is 1. The molecule has 0 aliphatic heterocycles. The van der Waals surface area contributed by atoms with Crippen molar-refractivity contribution in [2.24, 2.45) is 0 Å². The number of nitrogens with one attached hydrogen (secondary N) is 1. The predicted molar refractivity (Wildman–Crippen MR) is 52.1 cm³/mol. The first kappa shape index (κ1) is 7.41. The SMILES string of the molecule is [CH2]Cc1cc2c(C)cccc2[nH]1. The fourth-order valence-electron chi connectivity index (χ4n) is 1.50. The number of aromatic nitrogens is 1. The standard InChI is InChI=1S/C11H12N/c1-3-9-7-10-8(2)5-4-6-11(10)12-9/h4-7,12H,1,3H2,2H3. The van der Waals surface area contributed by atoms with Crippen LogP contribution in [0, 0.1) is 13.8 Å².